The summed E-state index contributed by atoms with van der Waals surface area (Å²) in [5, 5.41) is 13.2. The molecule has 1 amide bonds. The lowest BCUT2D eigenvalue weighted by Crippen LogP contribution is -2.44. The molecule has 2 N–H and O–H groups in total. The molecule has 0 radical (unpaired) electrons. The number of hydrogen-bond donors (Lipinski definition) is 2. The summed E-state index contributed by atoms with van der Waals surface area (Å²) in [4.78, 5) is 12.7. The first-order valence-electron chi connectivity index (χ1n) is 9.05. The van der Waals surface area contributed by atoms with E-state index in [1.165, 1.54) is 22.7 Å². The summed E-state index contributed by atoms with van der Waals surface area (Å²) < 4.78 is 27.0. The van der Waals surface area contributed by atoms with Crippen molar-refractivity contribution in [3.05, 3.63) is 59.7 Å². The van der Waals surface area contributed by atoms with Crippen molar-refractivity contribution in [2.24, 2.45) is 11.0 Å². The lowest BCUT2D eigenvalue weighted by atomic mass is 9.99. The van der Waals surface area contributed by atoms with E-state index in [9.17, 15) is 18.3 Å². The summed E-state index contributed by atoms with van der Waals surface area (Å²) in [6.45, 7) is 2.43. The van der Waals surface area contributed by atoms with E-state index in [1.807, 2.05) is 6.92 Å². The average molecular weight is 401 g/mol. The number of phenolic OH excluding ortho intramolecular Hbond substituents is 1. The fraction of sp³-hybridized carbons (Fsp3) is 0.300. The molecule has 1 saturated heterocycles. The van der Waals surface area contributed by atoms with Gasteiger partial charge in [0.05, 0.1) is 17.0 Å². The monoisotopic (exact) mass is 401 g/mol. The molecule has 28 heavy (non-hydrogen) atoms. The minimum atomic E-state index is -3.62. The van der Waals surface area contributed by atoms with Crippen LogP contribution in [-0.2, 0) is 14.8 Å². The molecule has 1 aliphatic rings. The summed E-state index contributed by atoms with van der Waals surface area (Å²) in [7, 11) is -3.62. The molecule has 148 valence electrons. The zero-order valence-electron chi connectivity index (χ0n) is 15.6. The van der Waals surface area contributed by atoms with Gasteiger partial charge in [0, 0.05) is 13.1 Å². The van der Waals surface area contributed by atoms with Gasteiger partial charge >= 0.3 is 0 Å². The third kappa shape index (κ3) is 4.76. The van der Waals surface area contributed by atoms with Crippen LogP contribution < -0.4 is 5.43 Å². The van der Waals surface area contributed by atoms with Crippen LogP contribution in [-0.4, -0.2) is 43.0 Å². The number of phenols is 1. The van der Waals surface area contributed by atoms with E-state index in [1.54, 1.807) is 36.4 Å². The Morgan fingerprint density at radius 2 is 1.86 bits per heavy atom. The number of rotatable bonds is 5. The fourth-order valence-electron chi connectivity index (χ4n) is 3.06. The first-order valence-corrected chi connectivity index (χ1v) is 10.5. The quantitative estimate of drug-likeness (QED) is 0.593. The minimum absolute atomic E-state index is 0.136. The van der Waals surface area contributed by atoms with Crippen LogP contribution in [0.25, 0.3) is 0 Å². The summed E-state index contributed by atoms with van der Waals surface area (Å²) in [6, 6.07) is 13.1. The van der Waals surface area contributed by atoms with Gasteiger partial charge in [-0.25, -0.2) is 13.8 Å². The number of nitrogens with one attached hydrogen (secondary N) is 1. The highest BCUT2D eigenvalue weighted by Gasteiger charge is 2.33. The highest BCUT2D eigenvalue weighted by molar-refractivity contribution is 7.89. The van der Waals surface area contributed by atoms with E-state index in [-0.39, 0.29) is 23.1 Å². The Labute approximate surface area is 164 Å². The second kappa shape index (κ2) is 8.53. The first-order chi connectivity index (χ1) is 13.4. The third-order valence-electron chi connectivity index (χ3n) is 4.70. The van der Waals surface area contributed by atoms with Gasteiger partial charge < -0.3 is 5.11 Å². The second-order valence-corrected chi connectivity index (χ2v) is 8.78. The Hall–Kier alpha value is -2.71. The molecule has 1 heterocycles. The van der Waals surface area contributed by atoms with Crippen LogP contribution in [0.2, 0.25) is 0 Å². The molecular formula is C20H23N3O4S. The van der Waals surface area contributed by atoms with E-state index in [0.29, 0.717) is 19.4 Å². The van der Waals surface area contributed by atoms with Crippen LogP contribution in [0.3, 0.4) is 0 Å². The molecule has 2 aromatic rings. The minimum Gasteiger partial charge on any atom is -0.508 e. The van der Waals surface area contributed by atoms with Gasteiger partial charge in [0.25, 0.3) is 0 Å². The predicted octanol–water partition coefficient (Wildman–Crippen LogP) is 2.25. The molecule has 0 unspecified atom stereocenters. The number of benzene rings is 2. The van der Waals surface area contributed by atoms with Crippen molar-refractivity contribution in [3.8, 4) is 5.75 Å². The van der Waals surface area contributed by atoms with Crippen molar-refractivity contribution < 1.29 is 18.3 Å². The SMILES string of the molecule is Cc1ccc(S(=O)(=O)N2CCC[C@@H](C(=O)N/N=C/c3ccc(O)cc3)C2)cc1. The molecule has 0 aromatic heterocycles. The summed E-state index contributed by atoms with van der Waals surface area (Å²) in [5.41, 5.74) is 4.20. The number of hydrogen-bond acceptors (Lipinski definition) is 5. The van der Waals surface area contributed by atoms with Crippen molar-refractivity contribution in [3.63, 3.8) is 0 Å². The topological polar surface area (TPSA) is 99.1 Å². The van der Waals surface area contributed by atoms with Crippen LogP contribution in [0.1, 0.15) is 24.0 Å². The van der Waals surface area contributed by atoms with Crippen molar-refractivity contribution in [1.29, 1.82) is 0 Å². The number of amides is 1. The van der Waals surface area contributed by atoms with Gasteiger partial charge in [-0.1, -0.05) is 17.7 Å². The highest BCUT2D eigenvalue weighted by atomic mass is 32.2. The average Bonchev–Trinajstić information content (AvgIpc) is 2.70. The molecule has 8 heteroatoms. The predicted molar refractivity (Wildman–Crippen MR) is 107 cm³/mol. The van der Waals surface area contributed by atoms with Crippen LogP contribution in [0.15, 0.2) is 58.5 Å². The summed E-state index contributed by atoms with van der Waals surface area (Å²) >= 11 is 0. The Morgan fingerprint density at radius 1 is 1.18 bits per heavy atom. The number of hydrazone groups is 1. The smallest absolute Gasteiger partial charge is 0.244 e. The Morgan fingerprint density at radius 3 is 2.54 bits per heavy atom. The molecule has 1 atom stereocenters. The van der Waals surface area contributed by atoms with E-state index in [0.717, 1.165) is 11.1 Å². The molecule has 2 aromatic carbocycles. The van der Waals surface area contributed by atoms with Crippen LogP contribution in [0, 0.1) is 12.8 Å². The standard InChI is InChI=1S/C20H23N3O4S/c1-15-4-10-19(11-5-15)28(26,27)23-12-2-3-17(14-23)20(25)22-21-13-16-6-8-18(24)9-7-16/h4-11,13,17,24H,2-3,12,14H2,1H3,(H,22,25)/b21-13+/t17-/m1/s1. The lowest BCUT2D eigenvalue weighted by molar-refractivity contribution is -0.126. The summed E-state index contributed by atoms with van der Waals surface area (Å²) in [5.74, 6) is -0.608. The number of carbonyl (C=O) groups excluding carboxylic acids is 1. The summed E-state index contributed by atoms with van der Waals surface area (Å²) in [6.07, 6.45) is 2.70. The normalized spacial score (nSPS) is 18.2. The van der Waals surface area contributed by atoms with Gasteiger partial charge in [0.15, 0.2) is 0 Å². The van der Waals surface area contributed by atoms with E-state index >= 15 is 0 Å². The van der Waals surface area contributed by atoms with Crippen LogP contribution in [0.5, 0.6) is 5.75 Å². The second-order valence-electron chi connectivity index (χ2n) is 6.84. The van der Waals surface area contributed by atoms with Gasteiger partial charge in [-0.2, -0.15) is 9.41 Å². The van der Waals surface area contributed by atoms with Crippen molar-refractivity contribution in [2.45, 2.75) is 24.7 Å². The Kier molecular flexibility index (Phi) is 6.11. The van der Waals surface area contributed by atoms with Crippen molar-refractivity contribution in [1.82, 2.24) is 9.73 Å². The van der Waals surface area contributed by atoms with Crippen molar-refractivity contribution in [2.75, 3.05) is 13.1 Å². The number of sulfonamides is 1. The largest absolute Gasteiger partial charge is 0.508 e. The molecule has 0 spiro atoms. The van der Waals surface area contributed by atoms with Gasteiger partial charge in [-0.15, -0.1) is 0 Å². The molecular weight excluding hydrogens is 378 g/mol. The van der Waals surface area contributed by atoms with E-state index in [4.69, 9.17) is 0 Å². The lowest BCUT2D eigenvalue weighted by Gasteiger charge is -2.30. The van der Waals surface area contributed by atoms with E-state index in [2.05, 4.69) is 10.5 Å². The van der Waals surface area contributed by atoms with Gasteiger partial charge in [0.2, 0.25) is 15.9 Å². The van der Waals surface area contributed by atoms with Gasteiger partial charge in [-0.05, 0) is 61.7 Å². The van der Waals surface area contributed by atoms with Crippen molar-refractivity contribution >= 4 is 22.1 Å². The third-order valence-corrected chi connectivity index (χ3v) is 6.57. The first kappa shape index (κ1) is 20.0. The number of nitrogens with zero attached hydrogens (tertiary/aromatic N) is 2. The fourth-order valence-corrected chi connectivity index (χ4v) is 4.58. The van der Waals surface area contributed by atoms with Crippen LogP contribution in [0.4, 0.5) is 0 Å². The molecule has 0 bridgehead atoms. The molecule has 3 rings (SSSR count). The zero-order chi connectivity index (χ0) is 20.1. The number of aryl methyl sites for hydroxylation is 1. The zero-order valence-corrected chi connectivity index (χ0v) is 16.4. The molecule has 1 fully saturated rings. The van der Waals surface area contributed by atoms with Crippen LogP contribution >= 0.6 is 0 Å². The maximum absolute atomic E-state index is 12.8. The maximum atomic E-state index is 12.8. The molecule has 7 nitrogen and oxygen atoms in total. The molecule has 0 aliphatic carbocycles. The highest BCUT2D eigenvalue weighted by Crippen LogP contribution is 2.24. The Bertz CT molecular complexity index is 954. The maximum Gasteiger partial charge on any atom is 0.244 e. The Balaban J connectivity index is 1.63. The number of carbonyl (C=O) groups is 1. The number of aromatic hydroxyl groups is 1. The van der Waals surface area contributed by atoms with Gasteiger partial charge in [-0.3, -0.25) is 4.79 Å². The number of piperidine rings is 1. The molecule has 0 saturated carbocycles. The van der Waals surface area contributed by atoms with Gasteiger partial charge in [0.1, 0.15) is 5.75 Å². The molecule has 1 aliphatic heterocycles. The van der Waals surface area contributed by atoms with E-state index < -0.39 is 15.9 Å².